The molecule has 6 heterocycles. The number of nitrogens with zero attached hydrogens (tertiary/aromatic N) is 8. The van der Waals surface area contributed by atoms with Crippen molar-refractivity contribution >= 4 is 195 Å². The summed E-state index contributed by atoms with van der Waals surface area (Å²) in [5.41, 5.74) is 8.77. The Kier molecular flexibility index (Phi) is 15.6. The van der Waals surface area contributed by atoms with E-state index in [1.807, 2.05) is 12.1 Å². The number of benzene rings is 4. The van der Waals surface area contributed by atoms with E-state index in [-0.39, 0.29) is 36.6 Å². The summed E-state index contributed by atoms with van der Waals surface area (Å²) < 4.78 is 62.6. The van der Waals surface area contributed by atoms with Gasteiger partial charge in [0.25, 0.3) is 0 Å². The first-order valence-corrected chi connectivity index (χ1v) is 47.4. The Labute approximate surface area is 425 Å². The van der Waals surface area contributed by atoms with Gasteiger partial charge in [0.05, 0.1) is 69.3 Å². The maximum absolute atomic E-state index is 5.98. The fourth-order valence-electron chi connectivity index (χ4n) is 8.40. The van der Waals surface area contributed by atoms with Gasteiger partial charge in [0.1, 0.15) is 44.1 Å². The molecule has 0 spiro atoms. The van der Waals surface area contributed by atoms with E-state index in [1.54, 1.807) is 2.45 Å². The van der Waals surface area contributed by atoms with E-state index < -0.39 is 36.8 Å². The zero-order valence-corrected chi connectivity index (χ0v) is 52.3. The monoisotopic (exact) mass is 1300 g/mol. The van der Waals surface area contributed by atoms with Crippen molar-refractivity contribution in [3.8, 4) is 0 Å². The number of halogens is 2. The van der Waals surface area contributed by atoms with Crippen LogP contribution in [0.5, 0.6) is 0 Å². The van der Waals surface area contributed by atoms with Gasteiger partial charge in [-0.25, -0.2) is 0 Å². The number of hydrogen-bond donors (Lipinski definition) is 0. The first kappa shape index (κ1) is 52.0. The molecule has 0 aliphatic carbocycles. The van der Waals surface area contributed by atoms with E-state index >= 15 is 0 Å². The van der Waals surface area contributed by atoms with Crippen LogP contribution in [0.1, 0.15) is 73.4 Å². The fraction of sp³-hybridized carbons (Fsp3) is 0.535. The van der Waals surface area contributed by atoms with Crippen molar-refractivity contribution in [1.29, 1.82) is 0 Å². The molecule has 12 nitrogen and oxygen atoms in total. The third kappa shape index (κ3) is 11.2. The number of fused-ring (bicyclic) bond motifs is 10. The SMILES string of the molecule is Brc1cc2c(cc(Br)c3nsnc32)c2nsnc12.CC1(C)OB(CB2OC(C)(C)C(C)(C)O2)OC1(C)C.CCc1cc2c(cc(C)c3nsnc32)c2nsnc12.[CH3][Sn]([CH3])([CH3])[CH2][Sn]([CH3])([CH3])[CH3]. The van der Waals surface area contributed by atoms with Crippen molar-refractivity contribution in [2.24, 2.45) is 0 Å². The van der Waals surface area contributed by atoms with Gasteiger partial charge in [0.2, 0.25) is 0 Å². The summed E-state index contributed by atoms with van der Waals surface area (Å²) in [7, 11) is -0.556. The first-order chi connectivity index (χ1) is 30.1. The van der Waals surface area contributed by atoms with Crippen molar-refractivity contribution in [2.75, 3.05) is 0 Å². The minimum absolute atomic E-state index is 0.278. The van der Waals surface area contributed by atoms with E-state index in [0.717, 1.165) is 86.6 Å². The third-order valence-electron chi connectivity index (χ3n) is 12.3. The first-order valence-electron chi connectivity index (χ1n) is 21.8. The molecule has 0 atom stereocenters. The van der Waals surface area contributed by atoms with Crippen LogP contribution in [-0.4, -0.2) is 108 Å². The van der Waals surface area contributed by atoms with Crippen LogP contribution >= 0.6 is 78.8 Å². The van der Waals surface area contributed by atoms with E-state index in [1.165, 1.54) is 52.5 Å². The molecule has 8 aromatic rings. The molecule has 2 aliphatic heterocycles. The van der Waals surface area contributed by atoms with Gasteiger partial charge in [-0.1, -0.05) is 6.92 Å². The molecule has 0 unspecified atom stereocenters. The molecule has 4 aromatic heterocycles. The minimum atomic E-state index is -1.35. The van der Waals surface area contributed by atoms with Gasteiger partial charge >= 0.3 is 83.1 Å². The van der Waals surface area contributed by atoms with Gasteiger partial charge in [-0.2, -0.15) is 35.0 Å². The predicted molar refractivity (Wildman–Crippen MR) is 290 cm³/mol. The molecule has 22 heteroatoms. The van der Waals surface area contributed by atoms with Gasteiger partial charge < -0.3 is 18.6 Å². The van der Waals surface area contributed by atoms with Crippen LogP contribution in [0.4, 0.5) is 0 Å². The number of aromatic nitrogens is 8. The summed E-state index contributed by atoms with van der Waals surface area (Å²) in [5, 5.41) is 4.38. The maximum atomic E-state index is 5.98. The summed E-state index contributed by atoms with van der Waals surface area (Å²) >= 11 is 9.35. The molecule has 0 N–H and O–H groups in total. The zero-order chi connectivity index (χ0) is 47.7. The normalized spacial score (nSPS) is 17.8. The van der Waals surface area contributed by atoms with E-state index in [9.17, 15) is 0 Å². The predicted octanol–water partition coefficient (Wildman–Crippen LogP) is 14.0. The molecule has 2 fully saturated rings. The standard InChI is InChI=1S/C13H26B2O4.C13H10N4S2.C10H2Br2N4S2.6CH3.CH2.2Sn/c1-10(2)11(3,4)17-14(16-10)9-15-18-12(5,6)13(7,8)19-15;1-3-7-5-9-8(13-11(7)15-19-17-13)4-6(2)10-12(9)16-18-14-10;11-5-1-3-4(8-9(5)15-18-14-8)2-6(12)10-7(3)13-17-16-10;;;;;;;;;/h9H2,1-8H3;4-5H,3H2,1-2H3;1-2H;6*1H3;1H2;;. The van der Waals surface area contributed by atoms with Gasteiger partial charge in [-0.15, -0.1) is 0 Å². The Morgan fingerprint density at radius 2 is 0.785 bits per heavy atom. The molecule has 0 radical (unpaired) electrons. The van der Waals surface area contributed by atoms with Crippen LogP contribution in [0.3, 0.4) is 0 Å². The van der Waals surface area contributed by atoms with Gasteiger partial charge in [-0.05, 0) is 136 Å². The van der Waals surface area contributed by atoms with Crippen LogP contribution < -0.4 is 0 Å². The van der Waals surface area contributed by atoms with Crippen LogP contribution in [0.2, 0.25) is 38.3 Å². The topological polar surface area (TPSA) is 140 Å². The third-order valence-corrected chi connectivity index (χ3v) is 62.3. The Morgan fingerprint density at radius 1 is 0.477 bits per heavy atom. The van der Waals surface area contributed by atoms with Crippen molar-refractivity contribution in [2.45, 2.75) is 136 Å². The molecule has 0 bridgehead atoms. The van der Waals surface area contributed by atoms with Crippen LogP contribution in [-0.2, 0) is 25.0 Å². The summed E-state index contributed by atoms with van der Waals surface area (Å²) in [6, 6.07) is 8.43. The van der Waals surface area contributed by atoms with Gasteiger partial charge in [-0.3, -0.25) is 0 Å². The van der Waals surface area contributed by atoms with Crippen LogP contribution in [0.15, 0.2) is 33.2 Å². The quantitative estimate of drug-likeness (QED) is 0.152. The molecule has 10 rings (SSSR count). The molecular formula is C43H58B2Br2N8O4S4Sn2. The second kappa shape index (κ2) is 19.4. The van der Waals surface area contributed by atoms with Gasteiger partial charge in [0, 0.05) is 36.7 Å². The Bertz CT molecular complexity index is 2870. The summed E-state index contributed by atoms with van der Waals surface area (Å²) in [4.78, 5) is 15.3. The molecule has 346 valence electrons. The Morgan fingerprint density at radius 3 is 1.15 bits per heavy atom. The molecular weight excluding hydrogens is 1240 g/mol. The van der Waals surface area contributed by atoms with E-state index in [2.05, 4.69) is 178 Å². The molecule has 0 amide bonds. The van der Waals surface area contributed by atoms with Crippen molar-refractivity contribution in [3.05, 3.63) is 44.3 Å². The Balaban J connectivity index is 0.000000133. The van der Waals surface area contributed by atoms with Gasteiger partial charge in [0.15, 0.2) is 0 Å². The summed E-state index contributed by atoms with van der Waals surface area (Å²) in [6.45, 7) is 20.6. The van der Waals surface area contributed by atoms with Crippen molar-refractivity contribution in [3.63, 3.8) is 0 Å². The van der Waals surface area contributed by atoms with E-state index in [0.29, 0.717) is 6.22 Å². The van der Waals surface area contributed by atoms with E-state index in [4.69, 9.17) is 18.6 Å². The Hall–Kier alpha value is -0.793. The van der Waals surface area contributed by atoms with Crippen LogP contribution in [0, 0.1) is 6.92 Å². The number of aryl methyl sites for hydroxylation is 2. The van der Waals surface area contributed by atoms with Crippen molar-refractivity contribution < 1.29 is 18.6 Å². The average molecular weight is 1300 g/mol. The molecule has 0 saturated carbocycles. The molecule has 65 heavy (non-hydrogen) atoms. The van der Waals surface area contributed by atoms with Crippen LogP contribution in [0.25, 0.3) is 65.7 Å². The second-order valence-corrected chi connectivity index (χ2v) is 62.1. The zero-order valence-electron chi connectivity index (χ0n) is 40.2. The molecule has 2 aliphatic rings. The summed E-state index contributed by atoms with van der Waals surface area (Å²) in [5.74, 6) is 0. The second-order valence-electron chi connectivity index (χ2n) is 21.2. The summed E-state index contributed by atoms with van der Waals surface area (Å²) in [6.07, 6.45) is 1.55. The number of hydrogen-bond acceptors (Lipinski definition) is 16. The van der Waals surface area contributed by atoms with Crippen molar-refractivity contribution in [1.82, 2.24) is 35.0 Å². The molecule has 2 saturated heterocycles. The number of rotatable bonds is 5. The molecule has 4 aromatic carbocycles. The fourth-order valence-corrected chi connectivity index (χ4v) is 82.0. The average Bonchev–Trinajstić information content (AvgIpc) is 4.02.